The first-order chi connectivity index (χ1) is 16.4. The third-order valence-corrected chi connectivity index (χ3v) is 6.22. The molecule has 0 spiro atoms. The fraction of sp³-hybridized carbons (Fsp3) is 0.333. The average molecular weight is 483 g/mol. The van der Waals surface area contributed by atoms with Gasteiger partial charge in [-0.1, -0.05) is 50.2 Å². The van der Waals surface area contributed by atoms with Crippen LogP contribution in [0.1, 0.15) is 37.4 Å². The molecule has 0 saturated carbocycles. The molecule has 6 nitrogen and oxygen atoms in total. The predicted molar refractivity (Wildman–Crippen MR) is 135 cm³/mol. The number of nitrogens with zero attached hydrogens (tertiary/aromatic N) is 2. The van der Waals surface area contributed by atoms with Crippen molar-refractivity contribution in [3.8, 4) is 5.75 Å². The second-order valence-corrected chi connectivity index (χ2v) is 8.49. The Labute approximate surface area is 206 Å². The summed E-state index contributed by atoms with van der Waals surface area (Å²) in [6.07, 6.45) is 2.35. The summed E-state index contributed by atoms with van der Waals surface area (Å²) >= 11 is 5.99. The minimum atomic E-state index is -0.723. The van der Waals surface area contributed by atoms with Crippen molar-refractivity contribution in [3.05, 3.63) is 82.9 Å². The van der Waals surface area contributed by atoms with Crippen molar-refractivity contribution >= 4 is 29.1 Å². The number of hydrogen-bond acceptors (Lipinski definition) is 5. The first kappa shape index (κ1) is 25.5. The summed E-state index contributed by atoms with van der Waals surface area (Å²) in [5.74, 6) is -0.934. The van der Waals surface area contributed by atoms with Gasteiger partial charge in [0.15, 0.2) is 0 Å². The normalized spacial score (nSPS) is 17.4. The molecule has 1 saturated heterocycles. The topological polar surface area (TPSA) is 70.1 Å². The molecule has 1 N–H and O–H groups in total. The summed E-state index contributed by atoms with van der Waals surface area (Å²) in [4.78, 5) is 30.1. The Balaban J connectivity index is 2.04. The number of halogens is 1. The summed E-state index contributed by atoms with van der Waals surface area (Å²) in [6, 6.07) is 13.1. The van der Waals surface area contributed by atoms with E-state index in [1.54, 1.807) is 47.4 Å². The highest BCUT2D eigenvalue weighted by Crippen LogP contribution is 2.40. The van der Waals surface area contributed by atoms with E-state index in [0.29, 0.717) is 41.5 Å². The van der Waals surface area contributed by atoms with Crippen LogP contribution < -0.4 is 4.74 Å². The summed E-state index contributed by atoms with van der Waals surface area (Å²) in [5.41, 5.74) is 1.18. The van der Waals surface area contributed by atoms with E-state index in [1.807, 2.05) is 12.1 Å². The molecular weight excluding hydrogens is 452 g/mol. The van der Waals surface area contributed by atoms with Crippen molar-refractivity contribution in [1.82, 2.24) is 9.80 Å². The van der Waals surface area contributed by atoms with Crippen molar-refractivity contribution < 1.29 is 19.4 Å². The molecule has 0 aromatic heterocycles. The maximum absolute atomic E-state index is 13.2. The van der Waals surface area contributed by atoms with Gasteiger partial charge >= 0.3 is 0 Å². The van der Waals surface area contributed by atoms with Crippen LogP contribution in [0, 0.1) is 0 Å². The van der Waals surface area contributed by atoms with Crippen LogP contribution in [-0.4, -0.2) is 59.4 Å². The van der Waals surface area contributed by atoms with Crippen LogP contribution in [0.3, 0.4) is 0 Å². The van der Waals surface area contributed by atoms with Crippen LogP contribution >= 0.6 is 11.6 Å². The highest BCUT2D eigenvalue weighted by Gasteiger charge is 2.45. The number of likely N-dealkylation sites (tertiary alicyclic amines) is 1. The lowest BCUT2D eigenvalue weighted by Gasteiger charge is -2.27. The number of ether oxygens (including phenoxy) is 1. The molecule has 0 radical (unpaired) electrons. The standard InChI is InChI=1S/C27H31ClN2O4/c1-4-17-34-22-10-7-9-20(18-22)24-23(25(31)19-11-13-21(28)14-12-19)26(32)27(33)30(24)16-8-15-29(5-2)6-3/h4,7,9-14,18,24,31H,1,5-6,8,15-17H2,2-3H3/b25-23+. The van der Waals surface area contributed by atoms with Crippen molar-refractivity contribution in [3.63, 3.8) is 0 Å². The molecule has 1 aliphatic heterocycles. The van der Waals surface area contributed by atoms with Gasteiger partial charge in [0.25, 0.3) is 11.7 Å². The highest BCUT2D eigenvalue weighted by atomic mass is 35.5. The van der Waals surface area contributed by atoms with E-state index in [4.69, 9.17) is 16.3 Å². The number of aliphatic hydroxyl groups excluding tert-OH is 1. The summed E-state index contributed by atoms with van der Waals surface area (Å²) in [5, 5.41) is 11.6. The van der Waals surface area contributed by atoms with E-state index in [9.17, 15) is 14.7 Å². The minimum absolute atomic E-state index is 0.0658. The van der Waals surface area contributed by atoms with Gasteiger partial charge in [-0.3, -0.25) is 9.59 Å². The van der Waals surface area contributed by atoms with E-state index < -0.39 is 17.7 Å². The second kappa shape index (κ2) is 11.9. The molecule has 1 unspecified atom stereocenters. The largest absolute Gasteiger partial charge is 0.507 e. The number of carbonyl (C=O) groups is 2. The number of amides is 1. The Kier molecular flexibility index (Phi) is 8.91. The maximum Gasteiger partial charge on any atom is 0.295 e. The fourth-order valence-corrected chi connectivity index (χ4v) is 4.28. The third-order valence-electron chi connectivity index (χ3n) is 5.97. The molecule has 1 aliphatic rings. The monoisotopic (exact) mass is 482 g/mol. The van der Waals surface area contributed by atoms with E-state index >= 15 is 0 Å². The van der Waals surface area contributed by atoms with Crippen molar-refractivity contribution in [1.29, 1.82) is 0 Å². The zero-order valence-corrected chi connectivity index (χ0v) is 20.4. The maximum atomic E-state index is 13.2. The van der Waals surface area contributed by atoms with Gasteiger partial charge in [0, 0.05) is 17.1 Å². The van der Waals surface area contributed by atoms with Crippen LogP contribution in [-0.2, 0) is 9.59 Å². The molecule has 3 rings (SSSR count). The van der Waals surface area contributed by atoms with Crippen LogP contribution in [0.25, 0.3) is 5.76 Å². The number of hydrogen-bond donors (Lipinski definition) is 1. The Bertz CT molecular complexity index is 1060. The predicted octanol–water partition coefficient (Wildman–Crippen LogP) is 5.06. The van der Waals surface area contributed by atoms with Crippen molar-refractivity contribution in [2.75, 3.05) is 32.8 Å². The molecule has 1 amide bonds. The molecule has 1 fully saturated rings. The zero-order valence-electron chi connectivity index (χ0n) is 19.7. The van der Waals surface area contributed by atoms with E-state index in [1.165, 1.54) is 0 Å². The van der Waals surface area contributed by atoms with E-state index in [0.717, 1.165) is 19.6 Å². The number of Topliss-reactive ketones (excluding diaryl/α,β-unsaturated/α-hetero) is 1. The Morgan fingerprint density at radius 1 is 1.18 bits per heavy atom. The van der Waals surface area contributed by atoms with E-state index in [-0.39, 0.29) is 11.3 Å². The Morgan fingerprint density at radius 3 is 2.53 bits per heavy atom. The van der Waals surface area contributed by atoms with Crippen LogP contribution in [0.5, 0.6) is 5.75 Å². The quantitative estimate of drug-likeness (QED) is 0.210. The van der Waals surface area contributed by atoms with Crippen LogP contribution in [0.15, 0.2) is 66.8 Å². The summed E-state index contributed by atoms with van der Waals surface area (Å²) in [6.45, 7) is 11.2. The van der Waals surface area contributed by atoms with Gasteiger partial charge in [-0.15, -0.1) is 0 Å². The first-order valence-electron chi connectivity index (χ1n) is 11.5. The van der Waals surface area contributed by atoms with Gasteiger partial charge in [-0.25, -0.2) is 0 Å². The molecule has 7 heteroatoms. The van der Waals surface area contributed by atoms with Gasteiger partial charge in [0.05, 0.1) is 11.6 Å². The molecule has 2 aromatic carbocycles. The zero-order chi connectivity index (χ0) is 24.7. The third kappa shape index (κ3) is 5.69. The summed E-state index contributed by atoms with van der Waals surface area (Å²) in [7, 11) is 0. The number of benzene rings is 2. The molecule has 1 atom stereocenters. The van der Waals surface area contributed by atoms with Gasteiger partial charge < -0.3 is 19.6 Å². The molecule has 0 bridgehead atoms. The summed E-state index contributed by atoms with van der Waals surface area (Å²) < 4.78 is 5.67. The molecule has 180 valence electrons. The van der Waals surface area contributed by atoms with Crippen LogP contribution in [0.4, 0.5) is 0 Å². The highest BCUT2D eigenvalue weighted by molar-refractivity contribution is 6.46. The Morgan fingerprint density at radius 2 is 1.88 bits per heavy atom. The lowest BCUT2D eigenvalue weighted by molar-refractivity contribution is -0.140. The molecule has 2 aromatic rings. The van der Waals surface area contributed by atoms with Gasteiger partial charge in [-0.05, 0) is 68.0 Å². The van der Waals surface area contributed by atoms with Gasteiger partial charge in [0.1, 0.15) is 18.1 Å². The Hall–Kier alpha value is -3.09. The lowest BCUT2D eigenvalue weighted by atomic mass is 9.95. The van der Waals surface area contributed by atoms with Crippen molar-refractivity contribution in [2.45, 2.75) is 26.3 Å². The first-order valence-corrected chi connectivity index (χ1v) is 11.9. The van der Waals surface area contributed by atoms with Crippen LogP contribution in [0.2, 0.25) is 5.02 Å². The van der Waals surface area contributed by atoms with Crippen molar-refractivity contribution in [2.24, 2.45) is 0 Å². The SMILES string of the molecule is C=CCOc1cccc(C2/C(=C(\O)c3ccc(Cl)cc3)C(=O)C(=O)N2CCCN(CC)CC)c1. The molecule has 1 heterocycles. The minimum Gasteiger partial charge on any atom is -0.507 e. The number of aliphatic hydroxyl groups is 1. The number of ketones is 1. The van der Waals surface area contributed by atoms with E-state index in [2.05, 4.69) is 25.3 Å². The smallest absolute Gasteiger partial charge is 0.295 e. The van der Waals surface area contributed by atoms with Gasteiger partial charge in [-0.2, -0.15) is 0 Å². The lowest BCUT2D eigenvalue weighted by Crippen LogP contribution is -2.33. The average Bonchev–Trinajstić information content (AvgIpc) is 3.10. The molecular formula is C27H31ClN2O4. The fourth-order valence-electron chi connectivity index (χ4n) is 4.15. The van der Waals surface area contributed by atoms with Gasteiger partial charge in [0.2, 0.25) is 0 Å². The molecule has 34 heavy (non-hydrogen) atoms. The number of rotatable bonds is 11. The molecule has 0 aliphatic carbocycles. The number of carbonyl (C=O) groups excluding carboxylic acids is 2. The second-order valence-electron chi connectivity index (χ2n) is 8.05.